The Hall–Kier alpha value is -1.13. The van der Waals surface area contributed by atoms with Crippen molar-refractivity contribution in [3.8, 4) is 5.75 Å². The molecular weight excluding hydrogens is 209 g/mol. The molecule has 0 radical (unpaired) electrons. The van der Waals surface area contributed by atoms with Crippen LogP contribution in [-0.2, 0) is 4.74 Å². The molecule has 0 amide bonds. The van der Waals surface area contributed by atoms with Gasteiger partial charge in [-0.05, 0) is 25.6 Å². The molecule has 1 aromatic carbocycles. The van der Waals surface area contributed by atoms with Crippen molar-refractivity contribution in [3.63, 3.8) is 0 Å². The average Bonchev–Trinajstić information content (AvgIpc) is 2.25. The summed E-state index contributed by atoms with van der Waals surface area (Å²) in [7, 11) is 3.41. The van der Waals surface area contributed by atoms with E-state index in [0.29, 0.717) is 18.7 Å². The predicted octanol–water partition coefficient (Wildman–Crippen LogP) is 1.75. The van der Waals surface area contributed by atoms with Crippen LogP contribution in [0.1, 0.15) is 5.56 Å². The maximum absolute atomic E-state index is 13.7. The molecule has 0 aliphatic heterocycles. The van der Waals surface area contributed by atoms with E-state index < -0.39 is 0 Å². The third-order valence-corrected chi connectivity index (χ3v) is 2.23. The Morgan fingerprint density at radius 3 is 2.81 bits per heavy atom. The van der Waals surface area contributed by atoms with Crippen molar-refractivity contribution in [2.24, 2.45) is 0 Å². The zero-order valence-electron chi connectivity index (χ0n) is 9.92. The van der Waals surface area contributed by atoms with Crippen LogP contribution in [0, 0.1) is 12.7 Å². The fourth-order valence-electron chi connectivity index (χ4n) is 1.44. The second-order valence-electron chi connectivity index (χ2n) is 3.64. The zero-order chi connectivity index (χ0) is 12.0. The van der Waals surface area contributed by atoms with Crippen LogP contribution >= 0.6 is 0 Å². The highest BCUT2D eigenvalue weighted by Gasteiger charge is 2.13. The van der Waals surface area contributed by atoms with E-state index in [1.807, 2.05) is 7.05 Å². The first-order valence-electron chi connectivity index (χ1n) is 5.24. The first kappa shape index (κ1) is 12.9. The fraction of sp³-hybridized carbons (Fsp3) is 0.500. The van der Waals surface area contributed by atoms with Gasteiger partial charge in [0, 0.05) is 13.7 Å². The van der Waals surface area contributed by atoms with E-state index in [0.717, 1.165) is 0 Å². The molecule has 16 heavy (non-hydrogen) atoms. The molecule has 1 atom stereocenters. The van der Waals surface area contributed by atoms with Gasteiger partial charge in [-0.1, -0.05) is 12.1 Å². The summed E-state index contributed by atoms with van der Waals surface area (Å²) in [6.45, 7) is 2.75. The van der Waals surface area contributed by atoms with E-state index in [4.69, 9.17) is 9.47 Å². The summed E-state index contributed by atoms with van der Waals surface area (Å²) in [5, 5.41) is 2.98. The monoisotopic (exact) mass is 227 g/mol. The molecule has 1 aromatic rings. The van der Waals surface area contributed by atoms with Crippen LogP contribution in [-0.4, -0.2) is 33.4 Å². The second-order valence-corrected chi connectivity index (χ2v) is 3.64. The van der Waals surface area contributed by atoms with Gasteiger partial charge in [0.2, 0.25) is 0 Å². The molecule has 0 aromatic heterocycles. The molecule has 0 fully saturated rings. The molecule has 1 unspecified atom stereocenters. The summed E-state index contributed by atoms with van der Waals surface area (Å²) >= 11 is 0. The van der Waals surface area contributed by atoms with E-state index in [2.05, 4.69) is 5.32 Å². The number of aryl methyl sites for hydroxylation is 1. The van der Waals surface area contributed by atoms with E-state index in [9.17, 15) is 4.39 Å². The normalized spacial score (nSPS) is 12.5. The Morgan fingerprint density at radius 2 is 2.19 bits per heavy atom. The Bertz CT molecular complexity index is 325. The third-order valence-electron chi connectivity index (χ3n) is 2.23. The summed E-state index contributed by atoms with van der Waals surface area (Å²) in [5.74, 6) is -0.0305. The molecule has 4 heteroatoms. The largest absolute Gasteiger partial charge is 0.484 e. The number of methoxy groups -OCH3 is 1. The summed E-state index contributed by atoms with van der Waals surface area (Å²) in [6, 6.07) is 5.11. The summed E-state index contributed by atoms with van der Waals surface area (Å²) < 4.78 is 24.2. The first-order chi connectivity index (χ1) is 7.69. The highest BCUT2D eigenvalue weighted by molar-refractivity contribution is 5.30. The van der Waals surface area contributed by atoms with Gasteiger partial charge >= 0.3 is 0 Å². The van der Waals surface area contributed by atoms with E-state index in [1.54, 1.807) is 32.2 Å². The summed E-state index contributed by atoms with van der Waals surface area (Å²) in [6.07, 6.45) is -0.189. The van der Waals surface area contributed by atoms with Gasteiger partial charge in [-0.15, -0.1) is 0 Å². The van der Waals surface area contributed by atoms with Crippen LogP contribution in [0.15, 0.2) is 18.2 Å². The standard InChI is InChI=1S/C12H18FNO2/c1-9-5-4-6-11(12(9)13)16-10(7-14-2)8-15-3/h4-6,10,14H,7-8H2,1-3H3. The van der Waals surface area contributed by atoms with Crippen LogP contribution in [0.3, 0.4) is 0 Å². The molecule has 90 valence electrons. The maximum Gasteiger partial charge on any atom is 0.167 e. The smallest absolute Gasteiger partial charge is 0.167 e. The van der Waals surface area contributed by atoms with Crippen LogP contribution in [0.25, 0.3) is 0 Å². The van der Waals surface area contributed by atoms with Crippen molar-refractivity contribution < 1.29 is 13.9 Å². The Balaban J connectivity index is 2.72. The molecule has 0 heterocycles. The molecular formula is C12H18FNO2. The van der Waals surface area contributed by atoms with Crippen molar-refractivity contribution in [2.45, 2.75) is 13.0 Å². The molecule has 0 aliphatic rings. The molecule has 0 saturated carbocycles. The van der Waals surface area contributed by atoms with Crippen molar-refractivity contribution in [3.05, 3.63) is 29.6 Å². The summed E-state index contributed by atoms with van der Waals surface area (Å²) in [4.78, 5) is 0. The minimum atomic E-state index is -0.306. The van der Waals surface area contributed by atoms with Crippen molar-refractivity contribution >= 4 is 0 Å². The molecule has 1 rings (SSSR count). The van der Waals surface area contributed by atoms with E-state index in [1.165, 1.54) is 0 Å². The molecule has 0 bridgehead atoms. The lowest BCUT2D eigenvalue weighted by atomic mass is 10.2. The van der Waals surface area contributed by atoms with Crippen LogP contribution < -0.4 is 10.1 Å². The van der Waals surface area contributed by atoms with Crippen molar-refractivity contribution in [1.82, 2.24) is 5.32 Å². The van der Waals surface area contributed by atoms with Gasteiger partial charge in [0.25, 0.3) is 0 Å². The highest BCUT2D eigenvalue weighted by Crippen LogP contribution is 2.20. The lowest BCUT2D eigenvalue weighted by Crippen LogP contribution is -2.33. The van der Waals surface area contributed by atoms with Crippen LogP contribution in [0.5, 0.6) is 5.75 Å². The number of ether oxygens (including phenoxy) is 2. The van der Waals surface area contributed by atoms with Crippen LogP contribution in [0.2, 0.25) is 0 Å². The third kappa shape index (κ3) is 3.47. The van der Waals surface area contributed by atoms with Gasteiger partial charge in [0.15, 0.2) is 11.6 Å². The fourth-order valence-corrected chi connectivity index (χ4v) is 1.44. The minimum absolute atomic E-state index is 0.189. The molecule has 0 aliphatic carbocycles. The number of nitrogens with one attached hydrogen (secondary N) is 1. The van der Waals surface area contributed by atoms with Gasteiger partial charge in [-0.3, -0.25) is 0 Å². The van der Waals surface area contributed by atoms with Gasteiger partial charge < -0.3 is 14.8 Å². The second kappa shape index (κ2) is 6.45. The minimum Gasteiger partial charge on any atom is -0.484 e. The van der Waals surface area contributed by atoms with Crippen molar-refractivity contribution in [1.29, 1.82) is 0 Å². The average molecular weight is 227 g/mol. The SMILES string of the molecule is CNCC(COC)Oc1cccc(C)c1F. The van der Waals surface area contributed by atoms with E-state index in [-0.39, 0.29) is 17.7 Å². The molecule has 1 N–H and O–H groups in total. The number of halogens is 1. The first-order valence-corrected chi connectivity index (χ1v) is 5.24. The Kier molecular flexibility index (Phi) is 5.22. The number of benzene rings is 1. The molecule has 0 spiro atoms. The highest BCUT2D eigenvalue weighted by atomic mass is 19.1. The Morgan fingerprint density at radius 1 is 1.44 bits per heavy atom. The van der Waals surface area contributed by atoms with Gasteiger partial charge in [0.05, 0.1) is 6.61 Å². The number of rotatable bonds is 6. The number of likely N-dealkylation sites (N-methyl/N-ethyl adjacent to an activating group) is 1. The van der Waals surface area contributed by atoms with Gasteiger partial charge in [-0.25, -0.2) is 4.39 Å². The number of hydrogen-bond donors (Lipinski definition) is 1. The van der Waals surface area contributed by atoms with Crippen LogP contribution in [0.4, 0.5) is 4.39 Å². The quantitative estimate of drug-likeness (QED) is 0.803. The predicted molar refractivity (Wildman–Crippen MR) is 61.4 cm³/mol. The molecule has 3 nitrogen and oxygen atoms in total. The lowest BCUT2D eigenvalue weighted by molar-refractivity contribution is 0.0790. The number of hydrogen-bond acceptors (Lipinski definition) is 3. The van der Waals surface area contributed by atoms with E-state index >= 15 is 0 Å². The van der Waals surface area contributed by atoms with Gasteiger partial charge in [0.1, 0.15) is 6.10 Å². The maximum atomic E-state index is 13.7. The lowest BCUT2D eigenvalue weighted by Gasteiger charge is -2.18. The summed E-state index contributed by atoms with van der Waals surface area (Å²) in [5.41, 5.74) is 0.582. The van der Waals surface area contributed by atoms with Gasteiger partial charge in [-0.2, -0.15) is 0 Å². The zero-order valence-corrected chi connectivity index (χ0v) is 9.92. The Labute approximate surface area is 95.6 Å². The topological polar surface area (TPSA) is 30.5 Å². The van der Waals surface area contributed by atoms with Crippen molar-refractivity contribution in [2.75, 3.05) is 27.3 Å². The molecule has 0 saturated heterocycles.